The predicted octanol–water partition coefficient (Wildman–Crippen LogP) is 2.75. The molecule has 0 saturated carbocycles. The molecule has 4 heteroatoms. The van der Waals surface area contributed by atoms with Crippen LogP contribution in [0.25, 0.3) is 0 Å². The van der Waals surface area contributed by atoms with Gasteiger partial charge in [0.1, 0.15) is 17.6 Å². The molecule has 1 aliphatic rings. The highest BCUT2D eigenvalue weighted by Crippen LogP contribution is 2.27. The molecule has 2 rings (SSSR count). The summed E-state index contributed by atoms with van der Waals surface area (Å²) in [5, 5.41) is 3.41. The minimum absolute atomic E-state index is 0.154. The Morgan fingerprint density at radius 2 is 2.30 bits per heavy atom. The second-order valence-electron chi connectivity index (χ2n) is 5.11. The fraction of sp³-hybridized carbons (Fsp3) is 0.625. The third-order valence-electron chi connectivity index (χ3n) is 3.43. The van der Waals surface area contributed by atoms with Crippen LogP contribution in [0.15, 0.2) is 18.2 Å². The first-order valence-corrected chi connectivity index (χ1v) is 7.45. The van der Waals surface area contributed by atoms with Crippen LogP contribution in [0, 0.1) is 0 Å². The number of methoxy groups -OCH3 is 1. The van der Waals surface area contributed by atoms with Gasteiger partial charge in [0.05, 0.1) is 13.7 Å². The van der Waals surface area contributed by atoms with E-state index >= 15 is 0 Å². The normalized spacial score (nSPS) is 18.8. The fourth-order valence-corrected chi connectivity index (χ4v) is 2.30. The van der Waals surface area contributed by atoms with Gasteiger partial charge in [-0.05, 0) is 31.9 Å². The lowest BCUT2D eigenvalue weighted by atomic mass is 10.1. The van der Waals surface area contributed by atoms with E-state index in [4.69, 9.17) is 14.2 Å². The van der Waals surface area contributed by atoms with Gasteiger partial charge in [-0.15, -0.1) is 0 Å². The maximum atomic E-state index is 6.11. The second kappa shape index (κ2) is 8.12. The lowest BCUT2D eigenvalue weighted by Crippen LogP contribution is -2.28. The van der Waals surface area contributed by atoms with Crippen LogP contribution in [0.1, 0.15) is 31.7 Å². The minimum atomic E-state index is 0.154. The number of hydrogen-bond donors (Lipinski definition) is 1. The van der Waals surface area contributed by atoms with E-state index in [0.29, 0.717) is 6.61 Å². The van der Waals surface area contributed by atoms with Crippen LogP contribution >= 0.6 is 0 Å². The Bertz CT molecular complexity index is 403. The molecule has 112 valence electrons. The van der Waals surface area contributed by atoms with E-state index in [1.54, 1.807) is 7.11 Å². The van der Waals surface area contributed by atoms with Crippen molar-refractivity contribution in [2.75, 3.05) is 26.9 Å². The van der Waals surface area contributed by atoms with Gasteiger partial charge in [0, 0.05) is 24.8 Å². The van der Waals surface area contributed by atoms with Gasteiger partial charge in [-0.1, -0.05) is 13.0 Å². The van der Waals surface area contributed by atoms with E-state index in [1.165, 1.54) is 5.56 Å². The van der Waals surface area contributed by atoms with Crippen LogP contribution in [0.3, 0.4) is 0 Å². The summed E-state index contributed by atoms with van der Waals surface area (Å²) in [7, 11) is 1.68. The van der Waals surface area contributed by atoms with Gasteiger partial charge in [0.15, 0.2) is 0 Å². The zero-order chi connectivity index (χ0) is 14.2. The monoisotopic (exact) mass is 279 g/mol. The largest absolute Gasteiger partial charge is 0.497 e. The quantitative estimate of drug-likeness (QED) is 0.779. The summed E-state index contributed by atoms with van der Waals surface area (Å²) in [4.78, 5) is 0. The summed E-state index contributed by atoms with van der Waals surface area (Å²) in [5.41, 5.74) is 1.17. The molecule has 0 aliphatic carbocycles. The first-order valence-electron chi connectivity index (χ1n) is 7.45. The molecule has 20 heavy (non-hydrogen) atoms. The van der Waals surface area contributed by atoms with Gasteiger partial charge in [-0.25, -0.2) is 0 Å². The molecular formula is C16H25NO3. The fourth-order valence-electron chi connectivity index (χ4n) is 2.30. The SMILES string of the molecule is CCCNCc1ccc(OC)cc1OC1CCCOC1. The first-order chi connectivity index (χ1) is 9.83. The lowest BCUT2D eigenvalue weighted by Gasteiger charge is -2.25. The molecular weight excluding hydrogens is 254 g/mol. The van der Waals surface area contributed by atoms with Crippen molar-refractivity contribution in [3.63, 3.8) is 0 Å². The van der Waals surface area contributed by atoms with Gasteiger partial charge < -0.3 is 19.5 Å². The second-order valence-corrected chi connectivity index (χ2v) is 5.11. The van der Waals surface area contributed by atoms with Crippen molar-refractivity contribution in [3.8, 4) is 11.5 Å². The summed E-state index contributed by atoms with van der Waals surface area (Å²) in [6, 6.07) is 6.02. The Morgan fingerprint density at radius 1 is 1.40 bits per heavy atom. The maximum Gasteiger partial charge on any atom is 0.128 e. The molecule has 1 unspecified atom stereocenters. The third-order valence-corrected chi connectivity index (χ3v) is 3.43. The number of ether oxygens (including phenoxy) is 3. The van der Waals surface area contributed by atoms with E-state index < -0.39 is 0 Å². The van der Waals surface area contributed by atoms with E-state index in [0.717, 1.165) is 50.5 Å². The van der Waals surface area contributed by atoms with Gasteiger partial charge >= 0.3 is 0 Å². The van der Waals surface area contributed by atoms with E-state index in [2.05, 4.69) is 18.3 Å². The molecule has 1 aromatic carbocycles. The molecule has 1 aromatic rings. The first kappa shape index (κ1) is 15.1. The minimum Gasteiger partial charge on any atom is -0.497 e. The van der Waals surface area contributed by atoms with Crippen LogP contribution in [0.4, 0.5) is 0 Å². The Kier molecular flexibility index (Phi) is 6.15. The lowest BCUT2D eigenvalue weighted by molar-refractivity contribution is 0.00693. The van der Waals surface area contributed by atoms with Crippen molar-refractivity contribution in [2.45, 2.75) is 38.8 Å². The zero-order valence-corrected chi connectivity index (χ0v) is 12.5. The number of rotatable bonds is 7. The molecule has 1 fully saturated rings. The van der Waals surface area contributed by atoms with E-state index in [1.807, 2.05) is 12.1 Å². The summed E-state index contributed by atoms with van der Waals surface area (Å²) < 4.78 is 16.9. The number of nitrogens with one attached hydrogen (secondary N) is 1. The third kappa shape index (κ3) is 4.39. The van der Waals surface area contributed by atoms with Crippen molar-refractivity contribution in [1.82, 2.24) is 5.32 Å². The average molecular weight is 279 g/mol. The molecule has 0 amide bonds. The van der Waals surface area contributed by atoms with Gasteiger partial charge in [0.25, 0.3) is 0 Å². The average Bonchev–Trinajstić information content (AvgIpc) is 2.50. The van der Waals surface area contributed by atoms with Crippen molar-refractivity contribution in [3.05, 3.63) is 23.8 Å². The number of benzene rings is 1. The summed E-state index contributed by atoms with van der Waals surface area (Å²) in [6.07, 6.45) is 3.40. The maximum absolute atomic E-state index is 6.11. The molecule has 1 N–H and O–H groups in total. The molecule has 0 bridgehead atoms. The van der Waals surface area contributed by atoms with Gasteiger partial charge in [-0.3, -0.25) is 0 Å². The Hall–Kier alpha value is -1.26. The van der Waals surface area contributed by atoms with Crippen LogP contribution < -0.4 is 14.8 Å². The zero-order valence-electron chi connectivity index (χ0n) is 12.5. The van der Waals surface area contributed by atoms with Crippen molar-refractivity contribution >= 4 is 0 Å². The van der Waals surface area contributed by atoms with Crippen LogP contribution in [0.2, 0.25) is 0 Å². The van der Waals surface area contributed by atoms with Crippen molar-refractivity contribution < 1.29 is 14.2 Å². The molecule has 1 heterocycles. The van der Waals surface area contributed by atoms with Crippen LogP contribution in [0.5, 0.6) is 11.5 Å². The smallest absolute Gasteiger partial charge is 0.128 e. The van der Waals surface area contributed by atoms with E-state index in [9.17, 15) is 0 Å². The van der Waals surface area contributed by atoms with E-state index in [-0.39, 0.29) is 6.10 Å². The Morgan fingerprint density at radius 3 is 3.00 bits per heavy atom. The van der Waals surface area contributed by atoms with Gasteiger partial charge in [0.2, 0.25) is 0 Å². The molecule has 0 spiro atoms. The topological polar surface area (TPSA) is 39.7 Å². The molecule has 4 nitrogen and oxygen atoms in total. The molecule has 1 saturated heterocycles. The summed E-state index contributed by atoms with van der Waals surface area (Å²) in [6.45, 7) is 5.53. The predicted molar refractivity (Wildman–Crippen MR) is 79.5 cm³/mol. The summed E-state index contributed by atoms with van der Waals surface area (Å²) >= 11 is 0. The number of hydrogen-bond acceptors (Lipinski definition) is 4. The molecule has 1 atom stereocenters. The molecule has 1 aliphatic heterocycles. The van der Waals surface area contributed by atoms with Crippen LogP contribution in [-0.4, -0.2) is 33.0 Å². The molecule has 0 aromatic heterocycles. The van der Waals surface area contributed by atoms with Crippen molar-refractivity contribution in [1.29, 1.82) is 0 Å². The summed E-state index contributed by atoms with van der Waals surface area (Å²) in [5.74, 6) is 1.74. The highest BCUT2D eigenvalue weighted by atomic mass is 16.5. The Labute approximate surface area is 121 Å². The van der Waals surface area contributed by atoms with Crippen molar-refractivity contribution in [2.24, 2.45) is 0 Å². The van der Waals surface area contributed by atoms with Gasteiger partial charge in [-0.2, -0.15) is 0 Å². The highest BCUT2D eigenvalue weighted by molar-refractivity contribution is 5.41. The van der Waals surface area contributed by atoms with Crippen LogP contribution in [-0.2, 0) is 11.3 Å². The Balaban J connectivity index is 2.05. The highest BCUT2D eigenvalue weighted by Gasteiger charge is 2.17. The molecule has 0 radical (unpaired) electrons. The standard InChI is InChI=1S/C16H25NO3/c1-3-8-17-11-13-6-7-14(18-2)10-16(13)20-15-5-4-9-19-12-15/h6-7,10,15,17H,3-5,8-9,11-12H2,1-2H3.